The Morgan fingerprint density at radius 2 is 2.09 bits per heavy atom. The first-order valence-corrected chi connectivity index (χ1v) is 7.68. The number of nitrogens with two attached hydrogens (primary N) is 1. The van der Waals surface area contributed by atoms with E-state index in [1.807, 2.05) is 23.2 Å². The Kier molecular flexibility index (Phi) is 2.94. The van der Waals surface area contributed by atoms with E-state index < -0.39 is 5.91 Å². The number of hydrogen-bond donors (Lipinski definition) is 2. The van der Waals surface area contributed by atoms with Crippen LogP contribution >= 0.6 is 0 Å². The van der Waals surface area contributed by atoms with Gasteiger partial charge in [-0.25, -0.2) is 0 Å². The highest BCUT2D eigenvalue weighted by Gasteiger charge is 2.47. The van der Waals surface area contributed by atoms with Crippen LogP contribution < -0.4 is 10.6 Å². The van der Waals surface area contributed by atoms with Crippen molar-refractivity contribution < 1.29 is 9.59 Å². The standard InChI is InChI=1S/C17H18N4O2/c1-2-15(22)21-8-10-7-20(9-14(10)21)13-4-3-12(17(18)23)16-11(13)5-6-19-16/h2-6,10,14,19H,1,7-9H2,(H2,18,23)/t10-,14-/m1/s1. The van der Waals surface area contributed by atoms with Gasteiger partial charge >= 0.3 is 0 Å². The van der Waals surface area contributed by atoms with Crippen molar-refractivity contribution in [2.45, 2.75) is 6.04 Å². The first kappa shape index (κ1) is 13.9. The van der Waals surface area contributed by atoms with Crippen molar-refractivity contribution in [3.63, 3.8) is 0 Å². The quantitative estimate of drug-likeness (QED) is 0.833. The normalized spacial score (nSPS) is 22.8. The van der Waals surface area contributed by atoms with E-state index in [1.165, 1.54) is 6.08 Å². The van der Waals surface area contributed by atoms with Crippen LogP contribution in [0.15, 0.2) is 37.1 Å². The number of likely N-dealkylation sites (tertiary alicyclic amines) is 1. The predicted molar refractivity (Wildman–Crippen MR) is 88.2 cm³/mol. The van der Waals surface area contributed by atoms with Crippen molar-refractivity contribution in [3.05, 3.63) is 42.6 Å². The van der Waals surface area contributed by atoms with E-state index in [2.05, 4.69) is 16.5 Å². The van der Waals surface area contributed by atoms with Gasteiger partial charge in [0.05, 0.1) is 17.1 Å². The number of carbonyl (C=O) groups is 2. The highest BCUT2D eigenvalue weighted by Crippen LogP contribution is 2.38. The monoisotopic (exact) mass is 310 g/mol. The lowest BCUT2D eigenvalue weighted by molar-refractivity contribution is -0.135. The molecule has 2 aromatic rings. The maximum Gasteiger partial charge on any atom is 0.250 e. The van der Waals surface area contributed by atoms with E-state index in [4.69, 9.17) is 5.73 Å². The molecule has 4 rings (SSSR count). The van der Waals surface area contributed by atoms with E-state index >= 15 is 0 Å². The van der Waals surface area contributed by atoms with Crippen LogP contribution in [-0.2, 0) is 4.79 Å². The summed E-state index contributed by atoms with van der Waals surface area (Å²) in [6.07, 6.45) is 3.20. The minimum atomic E-state index is -0.437. The summed E-state index contributed by atoms with van der Waals surface area (Å²) in [5.41, 5.74) is 7.78. The van der Waals surface area contributed by atoms with Crippen molar-refractivity contribution >= 4 is 28.4 Å². The Labute approximate surface area is 133 Å². The van der Waals surface area contributed by atoms with E-state index in [0.29, 0.717) is 11.5 Å². The number of amides is 2. The topological polar surface area (TPSA) is 82.4 Å². The molecule has 3 heterocycles. The van der Waals surface area contributed by atoms with Crippen LogP contribution in [0.3, 0.4) is 0 Å². The predicted octanol–water partition coefficient (Wildman–Crippen LogP) is 1.10. The maximum absolute atomic E-state index is 11.8. The molecule has 0 unspecified atom stereocenters. The number of anilines is 1. The second-order valence-corrected chi connectivity index (χ2v) is 6.19. The molecule has 6 heteroatoms. The van der Waals surface area contributed by atoms with Crippen molar-refractivity contribution in [1.29, 1.82) is 0 Å². The number of benzene rings is 1. The van der Waals surface area contributed by atoms with Gasteiger partial charge in [-0.3, -0.25) is 9.59 Å². The number of nitrogens with zero attached hydrogens (tertiary/aromatic N) is 2. The molecule has 2 aliphatic rings. The van der Waals surface area contributed by atoms with Crippen molar-refractivity contribution in [1.82, 2.24) is 9.88 Å². The van der Waals surface area contributed by atoms with Gasteiger partial charge in [-0.15, -0.1) is 0 Å². The van der Waals surface area contributed by atoms with Gasteiger partial charge < -0.3 is 20.5 Å². The fraction of sp³-hybridized carbons (Fsp3) is 0.294. The summed E-state index contributed by atoms with van der Waals surface area (Å²) in [5.74, 6) is 0.0703. The SMILES string of the molecule is C=CC(=O)N1C[C@H]2CN(c3ccc(C(N)=O)c4[nH]ccc34)C[C@H]21. The molecule has 1 aromatic heterocycles. The maximum atomic E-state index is 11.8. The van der Waals surface area contributed by atoms with Crippen LogP contribution in [0.4, 0.5) is 5.69 Å². The molecule has 0 spiro atoms. The van der Waals surface area contributed by atoms with Gasteiger partial charge in [-0.1, -0.05) is 6.58 Å². The van der Waals surface area contributed by atoms with E-state index in [0.717, 1.165) is 36.2 Å². The zero-order valence-electron chi connectivity index (χ0n) is 12.7. The minimum Gasteiger partial charge on any atom is -0.368 e. The fourth-order valence-corrected chi connectivity index (χ4v) is 3.83. The molecule has 2 amide bonds. The molecule has 0 radical (unpaired) electrons. The van der Waals surface area contributed by atoms with Gasteiger partial charge in [-0.05, 0) is 24.3 Å². The third-order valence-corrected chi connectivity index (χ3v) is 5.00. The summed E-state index contributed by atoms with van der Waals surface area (Å²) in [6, 6.07) is 5.93. The van der Waals surface area contributed by atoms with Gasteiger partial charge in [0.25, 0.3) is 5.91 Å². The number of primary amides is 1. The number of hydrogen-bond acceptors (Lipinski definition) is 3. The van der Waals surface area contributed by atoms with E-state index in [1.54, 1.807) is 6.07 Å². The second-order valence-electron chi connectivity index (χ2n) is 6.19. The number of aromatic amines is 1. The van der Waals surface area contributed by atoms with E-state index in [9.17, 15) is 9.59 Å². The molecule has 1 aromatic carbocycles. The first-order valence-electron chi connectivity index (χ1n) is 7.68. The van der Waals surface area contributed by atoms with Crippen LogP contribution in [0.2, 0.25) is 0 Å². The van der Waals surface area contributed by atoms with Crippen LogP contribution in [-0.4, -0.2) is 47.4 Å². The fourth-order valence-electron chi connectivity index (χ4n) is 3.83. The summed E-state index contributed by atoms with van der Waals surface area (Å²) >= 11 is 0. The molecule has 2 atom stereocenters. The molecule has 3 N–H and O–H groups in total. The summed E-state index contributed by atoms with van der Waals surface area (Å²) < 4.78 is 0. The Hall–Kier alpha value is -2.76. The van der Waals surface area contributed by atoms with Gasteiger partial charge in [0.2, 0.25) is 5.91 Å². The zero-order valence-corrected chi connectivity index (χ0v) is 12.7. The number of H-pyrrole nitrogens is 1. The van der Waals surface area contributed by atoms with Gasteiger partial charge in [-0.2, -0.15) is 0 Å². The van der Waals surface area contributed by atoms with Crippen LogP contribution in [0.1, 0.15) is 10.4 Å². The smallest absolute Gasteiger partial charge is 0.250 e. The molecular weight excluding hydrogens is 292 g/mol. The lowest BCUT2D eigenvalue weighted by Crippen LogP contribution is -2.57. The molecule has 0 aliphatic carbocycles. The average Bonchev–Trinajstić information content (AvgIpc) is 3.12. The Bertz CT molecular complexity index is 825. The first-order chi connectivity index (χ1) is 11.1. The highest BCUT2D eigenvalue weighted by molar-refractivity contribution is 6.08. The lowest BCUT2D eigenvalue weighted by Gasteiger charge is -2.42. The second kappa shape index (κ2) is 4.87. The number of carbonyl (C=O) groups excluding carboxylic acids is 2. The molecule has 2 saturated heterocycles. The molecular formula is C17H18N4O2. The summed E-state index contributed by atoms with van der Waals surface area (Å²) in [6.45, 7) is 6.08. The van der Waals surface area contributed by atoms with Crippen LogP contribution in [0.5, 0.6) is 0 Å². The highest BCUT2D eigenvalue weighted by atomic mass is 16.2. The van der Waals surface area contributed by atoms with Crippen molar-refractivity contribution in [2.75, 3.05) is 24.5 Å². The molecule has 2 aliphatic heterocycles. The summed E-state index contributed by atoms with van der Waals surface area (Å²) in [7, 11) is 0. The molecule has 0 saturated carbocycles. The molecule has 2 fully saturated rings. The van der Waals surface area contributed by atoms with Gasteiger partial charge in [0.1, 0.15) is 0 Å². The molecule has 118 valence electrons. The van der Waals surface area contributed by atoms with Crippen LogP contribution in [0, 0.1) is 5.92 Å². The third-order valence-electron chi connectivity index (χ3n) is 5.00. The third kappa shape index (κ3) is 1.94. The zero-order chi connectivity index (χ0) is 16.1. The Morgan fingerprint density at radius 1 is 1.26 bits per heavy atom. The summed E-state index contributed by atoms with van der Waals surface area (Å²) in [5, 5.41) is 0.990. The van der Waals surface area contributed by atoms with E-state index in [-0.39, 0.29) is 11.9 Å². The van der Waals surface area contributed by atoms with Crippen LogP contribution in [0.25, 0.3) is 10.9 Å². The number of nitrogens with one attached hydrogen (secondary N) is 1. The van der Waals surface area contributed by atoms with Gasteiger partial charge in [0.15, 0.2) is 0 Å². The lowest BCUT2D eigenvalue weighted by atomic mass is 9.92. The minimum absolute atomic E-state index is 0.00367. The molecule has 6 nitrogen and oxygen atoms in total. The van der Waals surface area contributed by atoms with Crippen molar-refractivity contribution in [2.24, 2.45) is 11.7 Å². The Balaban J connectivity index is 1.66. The number of aromatic nitrogens is 1. The Morgan fingerprint density at radius 3 is 2.83 bits per heavy atom. The van der Waals surface area contributed by atoms with Gasteiger partial charge in [0, 0.05) is 42.8 Å². The number of fused-ring (bicyclic) bond motifs is 2. The summed E-state index contributed by atoms with van der Waals surface area (Å²) in [4.78, 5) is 30.6. The average molecular weight is 310 g/mol. The largest absolute Gasteiger partial charge is 0.368 e. The van der Waals surface area contributed by atoms with Crippen molar-refractivity contribution in [3.8, 4) is 0 Å². The molecule has 23 heavy (non-hydrogen) atoms. The molecule has 0 bridgehead atoms. The number of rotatable bonds is 3.